The number of aromatic nitrogens is 1. The first-order valence-corrected chi connectivity index (χ1v) is 17.3. The first-order valence-electron chi connectivity index (χ1n) is 10.2. The van der Waals surface area contributed by atoms with Crippen LogP contribution in [0.25, 0.3) is 10.9 Å². The molecule has 12 heterocycles. The van der Waals surface area contributed by atoms with E-state index in [1.54, 1.807) is 5.69 Å². The summed E-state index contributed by atoms with van der Waals surface area (Å²) >= 11 is 2.14. The Kier molecular flexibility index (Phi) is 0.471. The van der Waals surface area contributed by atoms with E-state index in [9.17, 15) is 0 Å². The zero-order valence-electron chi connectivity index (χ0n) is 14.0. The van der Waals surface area contributed by atoms with Crippen LogP contribution in [-0.4, -0.2) is 4.98 Å². The van der Waals surface area contributed by atoms with Gasteiger partial charge in [-0.3, -0.25) is 0 Å². The van der Waals surface area contributed by atoms with Crippen molar-refractivity contribution in [2.24, 2.45) is 0 Å². The molecule has 1 nitrogen and oxygen atoms in total. The summed E-state index contributed by atoms with van der Waals surface area (Å²) in [6, 6.07) is 18.6. The van der Waals surface area contributed by atoms with Gasteiger partial charge in [0.05, 0.1) is 0 Å². The van der Waals surface area contributed by atoms with Gasteiger partial charge in [-0.15, -0.1) is 0 Å². The molecule has 0 aliphatic carbocycles. The molecule has 0 saturated carbocycles. The zero-order chi connectivity index (χ0) is 16.0. The first kappa shape index (κ1) is 10.4. The predicted octanol–water partition coefficient (Wildman–Crippen LogP) is 6.20. The Morgan fingerprint density at radius 1 is 0.808 bits per heavy atom. The maximum absolute atomic E-state index is 5.42. The van der Waals surface area contributed by atoms with E-state index in [-0.39, 0.29) is 0 Å². The van der Waals surface area contributed by atoms with Crippen LogP contribution >= 0.6 is 11.3 Å². The number of hydrogen-bond acceptors (Lipinski definition) is 2. The number of fused-ring (bicyclic) bond motifs is 11. The van der Waals surface area contributed by atoms with E-state index in [0.29, 0.717) is 4.31 Å². The van der Waals surface area contributed by atoms with Crippen LogP contribution in [0.3, 0.4) is 0 Å². The molecule has 10 fully saturated rings. The van der Waals surface area contributed by atoms with Crippen molar-refractivity contribution < 1.29 is 6.51 Å². The molecule has 2 aromatic heterocycles. The summed E-state index contributed by atoms with van der Waals surface area (Å²) in [7, 11) is 0. The van der Waals surface area contributed by atoms with Gasteiger partial charge in [-0.25, -0.2) is 0 Å². The van der Waals surface area contributed by atoms with Gasteiger partial charge in [-0.05, 0) is 0 Å². The summed E-state index contributed by atoms with van der Waals surface area (Å²) in [5.74, 6) is 0. The van der Waals surface area contributed by atoms with Crippen molar-refractivity contribution >= 4 is 22.2 Å². The van der Waals surface area contributed by atoms with Crippen molar-refractivity contribution in [3.63, 3.8) is 0 Å². The normalized spacial score (nSPS) is 84.9. The number of hydrogen-bond donors (Lipinski definition) is 0. The minimum atomic E-state index is -3.46. The third-order valence-corrected chi connectivity index (χ3v) is 61.6. The number of para-hydroxylation sites is 1. The van der Waals surface area contributed by atoms with Crippen molar-refractivity contribution in [1.82, 2.24) is 4.98 Å². The molecule has 0 N–H and O–H groups in total. The van der Waals surface area contributed by atoms with Crippen molar-refractivity contribution in [1.29, 1.82) is 0 Å². The van der Waals surface area contributed by atoms with Gasteiger partial charge >= 0.3 is 145 Å². The monoisotopic (exact) mass is 395 g/mol. The maximum atomic E-state index is 5.42. The van der Waals surface area contributed by atoms with E-state index in [2.05, 4.69) is 65.2 Å². The minimum absolute atomic E-state index is 0.711. The fraction of sp³-hybridized carbons (Fsp3) is 0.435. The molecule has 0 bridgehead atoms. The van der Waals surface area contributed by atoms with Crippen molar-refractivity contribution in [2.75, 3.05) is 0 Å². The van der Waals surface area contributed by atoms with Gasteiger partial charge in [0.25, 0.3) is 0 Å². The Bertz CT molecular complexity index is 1750. The molecule has 26 heavy (non-hydrogen) atoms. The number of nitrogens with zero attached hydrogens (tertiary/aromatic N) is 1. The second kappa shape index (κ2) is 1.18. The summed E-state index contributed by atoms with van der Waals surface area (Å²) in [5, 5.41) is 3.71. The van der Waals surface area contributed by atoms with Crippen LogP contribution in [0.5, 0.6) is 0 Å². The quantitative estimate of drug-likeness (QED) is 0.471. The Balaban J connectivity index is 1.29. The van der Waals surface area contributed by atoms with E-state index < -0.39 is 6.51 Å². The molecule has 13 rings (SSSR count). The molecule has 5 unspecified atom stereocenters. The second-order valence-corrected chi connectivity index (χ2v) is 37.3. The zero-order valence-corrected chi connectivity index (χ0v) is 15.9. The van der Waals surface area contributed by atoms with Gasteiger partial charge < -0.3 is 0 Å². The summed E-state index contributed by atoms with van der Waals surface area (Å²) in [4.78, 5) is 17.5. The Morgan fingerprint density at radius 3 is 2.27 bits per heavy atom. The SMILES string of the molecule is c1csc([C]23[CH]4[CH]5[C]6(c7ccc8ccccc8n7)[CH]2[Fe]54632789[CH]3[CH]2[CH]7[CH]8[CH]39)c1. The van der Waals surface area contributed by atoms with Crippen molar-refractivity contribution in [3.05, 3.63) is 64.5 Å². The molecule has 10 saturated heterocycles. The van der Waals surface area contributed by atoms with Crippen molar-refractivity contribution in [2.45, 2.75) is 47.2 Å². The molecule has 128 valence electrons. The number of pyridine rings is 1. The van der Waals surface area contributed by atoms with Gasteiger partial charge in [0.1, 0.15) is 0 Å². The van der Waals surface area contributed by atoms with E-state index >= 15 is 0 Å². The summed E-state index contributed by atoms with van der Waals surface area (Å²) < 4.78 is 1.54. The Morgan fingerprint density at radius 2 is 1.58 bits per heavy atom. The van der Waals surface area contributed by atoms with E-state index in [1.807, 2.05) is 4.88 Å². The second-order valence-electron chi connectivity index (χ2n) is 13.1. The van der Waals surface area contributed by atoms with Gasteiger partial charge in [-0.1, -0.05) is 0 Å². The van der Waals surface area contributed by atoms with Crippen LogP contribution in [-0.2, 0) is 15.1 Å². The van der Waals surface area contributed by atoms with Crippen LogP contribution in [0.2, 0.25) is 38.5 Å². The van der Waals surface area contributed by atoms with E-state index in [4.69, 9.17) is 4.98 Å². The number of benzene rings is 1. The topological polar surface area (TPSA) is 12.9 Å². The van der Waals surface area contributed by atoms with Crippen LogP contribution in [0.1, 0.15) is 10.6 Å². The van der Waals surface area contributed by atoms with Crippen LogP contribution in [0.4, 0.5) is 0 Å². The molecule has 3 aromatic rings. The third-order valence-electron chi connectivity index (χ3n) is 17.7. The van der Waals surface area contributed by atoms with Gasteiger partial charge in [0.2, 0.25) is 0 Å². The molecule has 1 aromatic carbocycles. The standard InChI is InChI=1S/C18H12NS.C5H5.Fe/c1-2-5-16-13(4-1)9-10-17(19-16)14-7-8-15(12-14)18-6-3-11-20-18;1-2-4-5-3-1;/h1-12H;1-5H;. The molecule has 1 spiro atoms. The molecular weight excluding hydrogens is 378 g/mol. The van der Waals surface area contributed by atoms with Gasteiger partial charge in [0.15, 0.2) is 0 Å². The Hall–Kier alpha value is -1.15. The van der Waals surface area contributed by atoms with Gasteiger partial charge in [0, 0.05) is 0 Å². The van der Waals surface area contributed by atoms with E-state index in [0.717, 1.165) is 4.31 Å². The number of thiophene rings is 1. The third kappa shape index (κ3) is 0.157. The average Bonchev–Trinajstić information content (AvgIpc) is 3.56. The van der Waals surface area contributed by atoms with E-state index in [1.165, 1.54) is 49.4 Å². The molecule has 0 amide bonds. The number of rotatable bonds is 2. The fourth-order valence-corrected chi connectivity index (χ4v) is 98.2. The molecule has 10 aliphatic heterocycles. The first-order chi connectivity index (χ1) is 12.6. The van der Waals surface area contributed by atoms with Crippen LogP contribution < -0.4 is 0 Å². The molecule has 10 aliphatic rings. The summed E-state index contributed by atoms with van der Waals surface area (Å²) in [6.07, 6.45) is 0. The summed E-state index contributed by atoms with van der Waals surface area (Å²) in [6.45, 7) is -3.46. The Labute approximate surface area is 145 Å². The van der Waals surface area contributed by atoms with Crippen molar-refractivity contribution in [3.8, 4) is 0 Å². The average molecular weight is 395 g/mol. The van der Waals surface area contributed by atoms with Crippen LogP contribution in [0, 0.1) is 0 Å². The van der Waals surface area contributed by atoms with Gasteiger partial charge in [-0.2, -0.15) is 0 Å². The van der Waals surface area contributed by atoms with Crippen LogP contribution in [0.15, 0.2) is 53.9 Å². The fourth-order valence-electron chi connectivity index (χ4n) is 19.7. The molecule has 5 atom stereocenters. The molecule has 0 radical (unpaired) electrons. The molecular formula is C23H17FeNS. The summed E-state index contributed by atoms with van der Waals surface area (Å²) in [5.41, 5.74) is 2.87. The molecule has 3 heteroatoms. The predicted molar refractivity (Wildman–Crippen MR) is 99.4 cm³/mol.